The van der Waals surface area contributed by atoms with Gasteiger partial charge in [0.1, 0.15) is 5.75 Å². The van der Waals surface area contributed by atoms with Gasteiger partial charge in [-0.2, -0.15) is 4.98 Å². The van der Waals surface area contributed by atoms with Crippen molar-refractivity contribution >= 4 is 0 Å². The number of hydrogen-bond donors (Lipinski definition) is 0. The van der Waals surface area contributed by atoms with Crippen LogP contribution in [0, 0.1) is 6.92 Å². The lowest BCUT2D eigenvalue weighted by Gasteiger charge is -2.23. The Morgan fingerprint density at radius 2 is 1.94 bits per heavy atom. The molecule has 0 atom stereocenters. The van der Waals surface area contributed by atoms with Crippen molar-refractivity contribution in [2.45, 2.75) is 33.1 Å². The fraction of sp³-hybridized carbons (Fsp3) is 0.429. The number of nitrogens with zero attached hydrogens (tertiary/aromatic N) is 2. The van der Waals surface area contributed by atoms with Gasteiger partial charge in [-0.3, -0.25) is 0 Å². The lowest BCUT2D eigenvalue weighted by atomic mass is 9.85. The van der Waals surface area contributed by atoms with E-state index in [0.717, 1.165) is 16.9 Å². The fourth-order valence-corrected chi connectivity index (χ4v) is 1.93. The minimum Gasteiger partial charge on any atom is -0.496 e. The van der Waals surface area contributed by atoms with Gasteiger partial charge in [0.25, 0.3) is 0 Å². The molecular weight excluding hydrogens is 228 g/mol. The summed E-state index contributed by atoms with van der Waals surface area (Å²) >= 11 is 0. The van der Waals surface area contributed by atoms with E-state index in [2.05, 4.69) is 37.0 Å². The molecule has 18 heavy (non-hydrogen) atoms. The first-order valence-electron chi connectivity index (χ1n) is 5.91. The van der Waals surface area contributed by atoms with E-state index < -0.39 is 0 Å². The molecule has 2 rings (SSSR count). The summed E-state index contributed by atoms with van der Waals surface area (Å²) in [4.78, 5) is 4.25. The zero-order valence-corrected chi connectivity index (χ0v) is 11.4. The average molecular weight is 246 g/mol. The van der Waals surface area contributed by atoms with Crippen LogP contribution in [0.15, 0.2) is 22.7 Å². The molecule has 4 nitrogen and oxygen atoms in total. The van der Waals surface area contributed by atoms with Gasteiger partial charge in [0.15, 0.2) is 0 Å². The van der Waals surface area contributed by atoms with Crippen LogP contribution in [0.3, 0.4) is 0 Å². The molecule has 1 heterocycles. The van der Waals surface area contributed by atoms with E-state index >= 15 is 0 Å². The summed E-state index contributed by atoms with van der Waals surface area (Å²) in [6.07, 6.45) is 0. The van der Waals surface area contributed by atoms with Crippen molar-refractivity contribution in [1.82, 2.24) is 10.1 Å². The predicted molar refractivity (Wildman–Crippen MR) is 69.7 cm³/mol. The largest absolute Gasteiger partial charge is 0.496 e. The van der Waals surface area contributed by atoms with Gasteiger partial charge < -0.3 is 9.26 Å². The maximum absolute atomic E-state index is 5.54. The highest BCUT2D eigenvalue weighted by Gasteiger charge is 2.22. The predicted octanol–water partition coefficient (Wildman–Crippen LogP) is 3.35. The minimum absolute atomic E-state index is 0.000133. The Hall–Kier alpha value is -1.84. The van der Waals surface area contributed by atoms with Gasteiger partial charge in [-0.05, 0) is 11.5 Å². The Morgan fingerprint density at radius 3 is 2.44 bits per heavy atom. The normalized spacial score (nSPS) is 11.6. The number of ether oxygens (including phenoxy) is 1. The van der Waals surface area contributed by atoms with Gasteiger partial charge in [0.2, 0.25) is 11.7 Å². The fourth-order valence-electron chi connectivity index (χ4n) is 1.93. The molecule has 4 heteroatoms. The molecule has 0 fully saturated rings. The molecule has 2 aromatic rings. The second-order valence-corrected chi connectivity index (χ2v) is 5.27. The molecule has 0 saturated heterocycles. The summed E-state index contributed by atoms with van der Waals surface area (Å²) in [5.74, 6) is 1.93. The maximum atomic E-state index is 5.54. The van der Waals surface area contributed by atoms with Crippen molar-refractivity contribution in [2.24, 2.45) is 0 Å². The van der Waals surface area contributed by atoms with E-state index in [1.807, 2.05) is 12.1 Å². The summed E-state index contributed by atoms with van der Waals surface area (Å²) in [7, 11) is 1.67. The first kappa shape index (κ1) is 12.6. The molecule has 0 spiro atoms. The van der Waals surface area contributed by atoms with E-state index in [1.54, 1.807) is 14.0 Å². The number of aromatic nitrogens is 2. The summed E-state index contributed by atoms with van der Waals surface area (Å²) < 4.78 is 10.6. The molecule has 1 aromatic carbocycles. The van der Waals surface area contributed by atoms with Gasteiger partial charge >= 0.3 is 0 Å². The maximum Gasteiger partial charge on any atom is 0.223 e. The van der Waals surface area contributed by atoms with Gasteiger partial charge in [-0.1, -0.05) is 38.1 Å². The average Bonchev–Trinajstić information content (AvgIpc) is 2.73. The number of para-hydroxylation sites is 1. The highest BCUT2D eigenvalue weighted by atomic mass is 16.5. The lowest BCUT2D eigenvalue weighted by Crippen LogP contribution is -2.13. The second kappa shape index (κ2) is 4.44. The smallest absolute Gasteiger partial charge is 0.223 e. The van der Waals surface area contributed by atoms with Crippen molar-refractivity contribution in [1.29, 1.82) is 0 Å². The van der Waals surface area contributed by atoms with Gasteiger partial charge in [-0.15, -0.1) is 0 Å². The molecule has 0 aliphatic rings. The van der Waals surface area contributed by atoms with E-state index in [0.29, 0.717) is 11.7 Å². The van der Waals surface area contributed by atoms with Gasteiger partial charge in [-0.25, -0.2) is 0 Å². The van der Waals surface area contributed by atoms with Crippen LogP contribution >= 0.6 is 0 Å². The van der Waals surface area contributed by atoms with Crippen molar-refractivity contribution < 1.29 is 9.26 Å². The Balaban J connectivity index is 2.62. The highest BCUT2D eigenvalue weighted by Crippen LogP contribution is 2.37. The number of benzene rings is 1. The van der Waals surface area contributed by atoms with Crippen LogP contribution in [-0.4, -0.2) is 17.3 Å². The van der Waals surface area contributed by atoms with Crippen LogP contribution in [0.25, 0.3) is 11.4 Å². The standard InChI is InChI=1S/C14H18N2O2/c1-9-15-13(16-18-9)10-7-6-8-11(12(10)17-5)14(2,3)4/h6-8H,1-5H3. The Bertz CT molecular complexity index is 553. The summed E-state index contributed by atoms with van der Waals surface area (Å²) in [6, 6.07) is 6.00. The first-order chi connectivity index (χ1) is 8.43. The van der Waals surface area contributed by atoms with Crippen molar-refractivity contribution in [2.75, 3.05) is 7.11 Å². The number of rotatable bonds is 2. The van der Waals surface area contributed by atoms with Crippen LogP contribution in [0.1, 0.15) is 32.2 Å². The summed E-state index contributed by atoms with van der Waals surface area (Å²) in [5, 5.41) is 3.95. The SMILES string of the molecule is COc1c(-c2noc(C)n2)cccc1C(C)(C)C. The van der Waals surface area contributed by atoms with E-state index in [1.165, 1.54) is 0 Å². The third-order valence-corrected chi connectivity index (χ3v) is 2.80. The molecule has 0 aliphatic carbocycles. The molecule has 0 radical (unpaired) electrons. The molecule has 0 aliphatic heterocycles. The highest BCUT2D eigenvalue weighted by molar-refractivity contribution is 5.67. The third kappa shape index (κ3) is 2.23. The Labute approximate surface area is 107 Å². The third-order valence-electron chi connectivity index (χ3n) is 2.80. The molecule has 96 valence electrons. The van der Waals surface area contributed by atoms with Gasteiger partial charge in [0.05, 0.1) is 12.7 Å². The quantitative estimate of drug-likeness (QED) is 0.815. The number of hydrogen-bond acceptors (Lipinski definition) is 4. The van der Waals surface area contributed by atoms with Crippen LogP contribution in [0.2, 0.25) is 0 Å². The molecule has 0 saturated carbocycles. The Kier molecular flexibility index (Phi) is 3.11. The molecular formula is C14H18N2O2. The van der Waals surface area contributed by atoms with Gasteiger partial charge in [0, 0.05) is 12.5 Å². The summed E-state index contributed by atoms with van der Waals surface area (Å²) in [6.45, 7) is 8.22. The Morgan fingerprint density at radius 1 is 1.22 bits per heavy atom. The van der Waals surface area contributed by atoms with Crippen molar-refractivity contribution in [3.05, 3.63) is 29.7 Å². The zero-order chi connectivity index (χ0) is 13.3. The first-order valence-corrected chi connectivity index (χ1v) is 5.91. The molecule has 1 aromatic heterocycles. The monoisotopic (exact) mass is 246 g/mol. The van der Waals surface area contributed by atoms with Crippen molar-refractivity contribution in [3.8, 4) is 17.1 Å². The van der Waals surface area contributed by atoms with Crippen molar-refractivity contribution in [3.63, 3.8) is 0 Å². The van der Waals surface area contributed by atoms with Crippen LogP contribution < -0.4 is 4.74 Å². The lowest BCUT2D eigenvalue weighted by molar-refractivity contribution is 0.390. The number of methoxy groups -OCH3 is 1. The molecule has 0 amide bonds. The molecule has 0 unspecified atom stereocenters. The molecule has 0 N–H and O–H groups in total. The second-order valence-electron chi connectivity index (χ2n) is 5.27. The van der Waals surface area contributed by atoms with Crippen LogP contribution in [0.5, 0.6) is 5.75 Å². The minimum atomic E-state index is 0.000133. The number of aryl methyl sites for hydroxylation is 1. The van der Waals surface area contributed by atoms with E-state index in [4.69, 9.17) is 9.26 Å². The van der Waals surface area contributed by atoms with E-state index in [9.17, 15) is 0 Å². The topological polar surface area (TPSA) is 48.2 Å². The van der Waals surface area contributed by atoms with Crippen LogP contribution in [-0.2, 0) is 5.41 Å². The van der Waals surface area contributed by atoms with Crippen LogP contribution in [0.4, 0.5) is 0 Å². The summed E-state index contributed by atoms with van der Waals surface area (Å²) in [5.41, 5.74) is 1.99. The molecule has 0 bridgehead atoms. The zero-order valence-electron chi connectivity index (χ0n) is 11.4. The van der Waals surface area contributed by atoms with E-state index in [-0.39, 0.29) is 5.41 Å².